The molecule has 1 aliphatic rings. The fraction of sp³-hybridized carbons (Fsp3) is 0.867. The quantitative estimate of drug-likeness (QED) is 0.637. The molecule has 5 heteroatoms. The molecule has 0 saturated heterocycles. The standard InChI is InChI=1S/C15H27NO4/c1-12(2)5-9-20-10-8-16-13(17)11-15(14(18)19)6-3-4-7-15/h12H,3-11H2,1-2H3,(H,16,17)(H,18,19). The first-order chi connectivity index (χ1) is 9.46. The van der Waals surface area contributed by atoms with E-state index < -0.39 is 11.4 Å². The highest BCUT2D eigenvalue weighted by Gasteiger charge is 2.42. The van der Waals surface area contributed by atoms with Crippen molar-refractivity contribution in [3.63, 3.8) is 0 Å². The van der Waals surface area contributed by atoms with Crippen LogP contribution in [0.2, 0.25) is 0 Å². The molecule has 0 aromatic rings. The van der Waals surface area contributed by atoms with E-state index in [2.05, 4.69) is 19.2 Å². The minimum Gasteiger partial charge on any atom is -0.481 e. The van der Waals surface area contributed by atoms with Gasteiger partial charge in [-0.1, -0.05) is 26.7 Å². The van der Waals surface area contributed by atoms with Gasteiger partial charge in [0.15, 0.2) is 0 Å². The maximum Gasteiger partial charge on any atom is 0.310 e. The smallest absolute Gasteiger partial charge is 0.310 e. The first kappa shape index (κ1) is 17.0. The zero-order valence-corrected chi connectivity index (χ0v) is 12.6. The first-order valence-electron chi connectivity index (χ1n) is 7.54. The molecule has 1 rings (SSSR count). The van der Waals surface area contributed by atoms with Gasteiger partial charge in [0.2, 0.25) is 5.91 Å². The highest BCUT2D eigenvalue weighted by Crippen LogP contribution is 2.41. The van der Waals surface area contributed by atoms with Crippen molar-refractivity contribution in [1.82, 2.24) is 5.32 Å². The number of carboxylic acids is 1. The van der Waals surface area contributed by atoms with E-state index in [9.17, 15) is 14.7 Å². The number of rotatable bonds is 9. The number of aliphatic carboxylic acids is 1. The Labute approximate surface area is 121 Å². The molecule has 0 aliphatic heterocycles. The normalized spacial score (nSPS) is 17.4. The van der Waals surface area contributed by atoms with Crippen molar-refractivity contribution in [1.29, 1.82) is 0 Å². The number of ether oxygens (including phenoxy) is 1. The van der Waals surface area contributed by atoms with Gasteiger partial charge in [-0.15, -0.1) is 0 Å². The molecule has 0 bridgehead atoms. The van der Waals surface area contributed by atoms with Gasteiger partial charge in [-0.3, -0.25) is 9.59 Å². The number of hydrogen-bond donors (Lipinski definition) is 2. The highest BCUT2D eigenvalue weighted by atomic mass is 16.5. The van der Waals surface area contributed by atoms with Crippen LogP contribution < -0.4 is 5.32 Å². The van der Waals surface area contributed by atoms with Gasteiger partial charge in [-0.2, -0.15) is 0 Å². The molecular weight excluding hydrogens is 258 g/mol. The lowest BCUT2D eigenvalue weighted by Crippen LogP contribution is -2.36. The molecule has 0 spiro atoms. The van der Waals surface area contributed by atoms with Crippen LogP contribution in [0, 0.1) is 11.3 Å². The Bertz CT molecular complexity index is 322. The van der Waals surface area contributed by atoms with Gasteiger partial charge in [-0.05, 0) is 25.2 Å². The van der Waals surface area contributed by atoms with Crippen LogP contribution in [0.4, 0.5) is 0 Å². The maximum atomic E-state index is 11.8. The number of amides is 1. The van der Waals surface area contributed by atoms with Crippen LogP contribution in [-0.2, 0) is 14.3 Å². The van der Waals surface area contributed by atoms with E-state index >= 15 is 0 Å². The summed E-state index contributed by atoms with van der Waals surface area (Å²) in [5, 5.41) is 12.1. The van der Waals surface area contributed by atoms with Crippen molar-refractivity contribution in [2.45, 2.75) is 52.4 Å². The summed E-state index contributed by atoms with van der Waals surface area (Å²) < 4.78 is 5.41. The summed E-state index contributed by atoms with van der Waals surface area (Å²) >= 11 is 0. The molecule has 0 unspecified atom stereocenters. The van der Waals surface area contributed by atoms with Crippen LogP contribution in [0.1, 0.15) is 52.4 Å². The second-order valence-corrected chi connectivity index (χ2v) is 6.11. The largest absolute Gasteiger partial charge is 0.481 e. The zero-order chi connectivity index (χ0) is 15.0. The van der Waals surface area contributed by atoms with E-state index in [0.29, 0.717) is 38.5 Å². The molecule has 1 amide bonds. The summed E-state index contributed by atoms with van der Waals surface area (Å²) in [6.45, 7) is 5.91. The van der Waals surface area contributed by atoms with Gasteiger partial charge in [0.05, 0.1) is 12.0 Å². The molecule has 1 aliphatic carbocycles. The Balaban J connectivity index is 2.18. The van der Waals surface area contributed by atoms with Crippen molar-refractivity contribution >= 4 is 11.9 Å². The van der Waals surface area contributed by atoms with E-state index in [1.807, 2.05) is 0 Å². The van der Waals surface area contributed by atoms with Gasteiger partial charge >= 0.3 is 5.97 Å². The number of carbonyl (C=O) groups excluding carboxylic acids is 1. The van der Waals surface area contributed by atoms with Crippen LogP contribution in [0.25, 0.3) is 0 Å². The Morgan fingerprint density at radius 3 is 2.45 bits per heavy atom. The molecule has 2 N–H and O–H groups in total. The molecule has 5 nitrogen and oxygen atoms in total. The monoisotopic (exact) mass is 285 g/mol. The van der Waals surface area contributed by atoms with E-state index in [4.69, 9.17) is 4.74 Å². The van der Waals surface area contributed by atoms with Crippen LogP contribution in [0.3, 0.4) is 0 Å². The SMILES string of the molecule is CC(C)CCOCCNC(=O)CC1(C(=O)O)CCCC1. The first-order valence-corrected chi connectivity index (χ1v) is 7.54. The molecular formula is C15H27NO4. The molecule has 0 aromatic carbocycles. The lowest BCUT2D eigenvalue weighted by molar-refractivity contribution is -0.151. The van der Waals surface area contributed by atoms with Crippen LogP contribution >= 0.6 is 0 Å². The van der Waals surface area contributed by atoms with Crippen molar-refractivity contribution in [2.24, 2.45) is 11.3 Å². The van der Waals surface area contributed by atoms with E-state index in [1.54, 1.807) is 0 Å². The Hall–Kier alpha value is -1.10. The lowest BCUT2D eigenvalue weighted by Gasteiger charge is -2.22. The third-order valence-corrected chi connectivity index (χ3v) is 3.92. The number of nitrogens with one attached hydrogen (secondary N) is 1. The summed E-state index contributed by atoms with van der Waals surface area (Å²) in [4.78, 5) is 23.2. The summed E-state index contributed by atoms with van der Waals surface area (Å²) in [6.07, 6.45) is 4.13. The molecule has 0 heterocycles. The molecule has 0 radical (unpaired) electrons. The second kappa shape index (κ2) is 8.25. The topological polar surface area (TPSA) is 75.6 Å². The lowest BCUT2D eigenvalue weighted by atomic mass is 9.82. The van der Waals surface area contributed by atoms with Crippen molar-refractivity contribution in [3.05, 3.63) is 0 Å². The fourth-order valence-electron chi connectivity index (χ4n) is 2.57. The van der Waals surface area contributed by atoms with Gasteiger partial charge in [0, 0.05) is 19.6 Å². The predicted molar refractivity (Wildman–Crippen MR) is 76.4 cm³/mol. The Kier molecular flexibility index (Phi) is 6.99. The van der Waals surface area contributed by atoms with E-state index in [-0.39, 0.29) is 12.3 Å². The molecule has 0 aromatic heterocycles. The van der Waals surface area contributed by atoms with Crippen LogP contribution in [0.15, 0.2) is 0 Å². The summed E-state index contributed by atoms with van der Waals surface area (Å²) in [6, 6.07) is 0. The second-order valence-electron chi connectivity index (χ2n) is 6.11. The molecule has 20 heavy (non-hydrogen) atoms. The van der Waals surface area contributed by atoms with Crippen molar-refractivity contribution in [3.8, 4) is 0 Å². The van der Waals surface area contributed by atoms with Gasteiger partial charge < -0.3 is 15.2 Å². The minimum atomic E-state index is -0.835. The maximum absolute atomic E-state index is 11.8. The average molecular weight is 285 g/mol. The van der Waals surface area contributed by atoms with Gasteiger partial charge in [0.25, 0.3) is 0 Å². The van der Waals surface area contributed by atoms with Gasteiger partial charge in [0.1, 0.15) is 0 Å². The predicted octanol–water partition coefficient (Wildman–Crippen LogP) is 2.20. The molecule has 1 saturated carbocycles. The third-order valence-electron chi connectivity index (χ3n) is 3.92. The number of carbonyl (C=O) groups is 2. The molecule has 1 fully saturated rings. The van der Waals surface area contributed by atoms with E-state index in [0.717, 1.165) is 19.3 Å². The minimum absolute atomic E-state index is 0.0916. The number of carboxylic acid groups (broad SMARTS) is 1. The van der Waals surface area contributed by atoms with Crippen molar-refractivity contribution < 1.29 is 19.4 Å². The van der Waals surface area contributed by atoms with Crippen molar-refractivity contribution in [2.75, 3.05) is 19.8 Å². The molecule has 0 atom stereocenters. The Morgan fingerprint density at radius 1 is 1.25 bits per heavy atom. The van der Waals surface area contributed by atoms with Gasteiger partial charge in [-0.25, -0.2) is 0 Å². The zero-order valence-electron chi connectivity index (χ0n) is 12.6. The van der Waals surface area contributed by atoms with E-state index in [1.165, 1.54) is 0 Å². The third kappa shape index (κ3) is 5.49. The van der Waals surface area contributed by atoms with Crippen LogP contribution in [-0.4, -0.2) is 36.7 Å². The summed E-state index contributed by atoms with van der Waals surface area (Å²) in [5.74, 6) is -0.400. The summed E-state index contributed by atoms with van der Waals surface area (Å²) in [7, 11) is 0. The summed E-state index contributed by atoms with van der Waals surface area (Å²) in [5.41, 5.74) is -0.831. The average Bonchev–Trinajstić information content (AvgIpc) is 2.83. The van der Waals surface area contributed by atoms with Crippen LogP contribution in [0.5, 0.6) is 0 Å². The number of hydrogen-bond acceptors (Lipinski definition) is 3. The Morgan fingerprint density at radius 2 is 1.90 bits per heavy atom. The highest BCUT2D eigenvalue weighted by molar-refractivity contribution is 5.85. The molecule has 116 valence electrons. The fourth-order valence-corrected chi connectivity index (χ4v) is 2.57.